The van der Waals surface area contributed by atoms with Crippen molar-refractivity contribution in [2.45, 2.75) is 18.9 Å². The minimum absolute atomic E-state index is 0.310. The Kier molecular flexibility index (Phi) is 10.8. The molecule has 0 spiro atoms. The fourth-order valence-electron chi connectivity index (χ4n) is 0.422. The lowest BCUT2D eigenvalue weighted by Crippen LogP contribution is -2.34. The van der Waals surface area contributed by atoms with Crippen molar-refractivity contribution < 1.29 is 14.7 Å². The van der Waals surface area contributed by atoms with Gasteiger partial charge in [0, 0.05) is 0 Å². The van der Waals surface area contributed by atoms with E-state index in [1.807, 2.05) is 0 Å². The van der Waals surface area contributed by atoms with Crippen LogP contribution in [0.5, 0.6) is 0 Å². The molecule has 0 aromatic heterocycles. The molecule has 1 atom stereocenters. The van der Waals surface area contributed by atoms with E-state index in [9.17, 15) is 9.59 Å². The highest BCUT2D eigenvalue weighted by Crippen LogP contribution is 1.84. The van der Waals surface area contributed by atoms with Crippen LogP contribution in [0.15, 0.2) is 0 Å². The number of primary amides is 1. The largest absolute Gasteiger partial charge is 0.480 e. The Hall–Kier alpha value is -1.18. The van der Waals surface area contributed by atoms with Crippen LogP contribution in [0.4, 0.5) is 0 Å². The zero-order chi connectivity index (χ0) is 11.6. The van der Waals surface area contributed by atoms with Crippen molar-refractivity contribution in [1.29, 1.82) is 0 Å². The van der Waals surface area contributed by atoms with Gasteiger partial charge in [-0.25, -0.2) is 0 Å². The van der Waals surface area contributed by atoms with Gasteiger partial charge >= 0.3 is 5.97 Å². The van der Waals surface area contributed by atoms with Crippen LogP contribution in [0.3, 0.4) is 0 Å². The Labute approximate surface area is 82.4 Å². The summed E-state index contributed by atoms with van der Waals surface area (Å²) in [6.07, 6.45) is 0.634. The summed E-state index contributed by atoms with van der Waals surface area (Å²) in [6.45, 7) is 1.44. The molecule has 0 saturated carbocycles. The molecule has 7 heteroatoms. The van der Waals surface area contributed by atoms with E-state index in [-0.39, 0.29) is 6.42 Å². The third kappa shape index (κ3) is 13.4. The maximum atomic E-state index is 9.99. The Bertz CT molecular complexity index is 172. The average molecular weight is 206 g/mol. The van der Waals surface area contributed by atoms with Crippen LogP contribution >= 0.6 is 0 Å². The van der Waals surface area contributed by atoms with E-state index in [2.05, 4.69) is 5.73 Å². The smallest absolute Gasteiger partial charge is 0.321 e. The predicted molar refractivity (Wildman–Crippen MR) is 52.1 cm³/mol. The van der Waals surface area contributed by atoms with Gasteiger partial charge in [-0.05, 0) is 19.5 Å². The van der Waals surface area contributed by atoms with Crippen molar-refractivity contribution in [3.63, 3.8) is 0 Å². The molecule has 14 heavy (non-hydrogen) atoms. The van der Waals surface area contributed by atoms with E-state index in [1.165, 1.54) is 0 Å². The third-order valence-electron chi connectivity index (χ3n) is 1.15. The highest BCUT2D eigenvalue weighted by molar-refractivity contribution is 5.83. The van der Waals surface area contributed by atoms with Crippen LogP contribution in [0.2, 0.25) is 0 Å². The number of hydrogen-bond donors (Lipinski definition) is 5. The minimum Gasteiger partial charge on any atom is -0.480 e. The van der Waals surface area contributed by atoms with Gasteiger partial charge in [-0.15, -0.1) is 0 Å². The van der Waals surface area contributed by atoms with Crippen LogP contribution in [0, 0.1) is 0 Å². The molecule has 0 rings (SSSR count). The summed E-state index contributed by atoms with van der Waals surface area (Å²) in [7, 11) is 0. The first-order valence-corrected chi connectivity index (χ1v) is 4.12. The molecule has 0 aliphatic carbocycles. The van der Waals surface area contributed by atoms with Crippen molar-refractivity contribution in [2.24, 2.45) is 22.9 Å². The first-order valence-electron chi connectivity index (χ1n) is 4.12. The molecule has 0 aromatic rings. The fourth-order valence-corrected chi connectivity index (χ4v) is 0.422. The molecule has 1 amide bonds. The first-order chi connectivity index (χ1) is 6.45. The van der Waals surface area contributed by atoms with E-state index < -0.39 is 17.9 Å². The molecule has 0 aliphatic rings. The van der Waals surface area contributed by atoms with Gasteiger partial charge in [0.05, 0.1) is 6.42 Å². The molecule has 0 bridgehead atoms. The van der Waals surface area contributed by atoms with Gasteiger partial charge in [0.1, 0.15) is 6.04 Å². The predicted octanol–water partition coefficient (Wildman–Crippen LogP) is -2.43. The highest BCUT2D eigenvalue weighted by Gasteiger charge is 2.13. The van der Waals surface area contributed by atoms with E-state index in [1.54, 1.807) is 0 Å². The second kappa shape index (κ2) is 9.90. The van der Waals surface area contributed by atoms with Crippen molar-refractivity contribution in [3.05, 3.63) is 0 Å². The molecule has 0 aliphatic heterocycles. The maximum Gasteiger partial charge on any atom is 0.321 e. The molecule has 9 N–H and O–H groups in total. The quantitative estimate of drug-likeness (QED) is 0.336. The van der Waals surface area contributed by atoms with Crippen molar-refractivity contribution in [3.8, 4) is 0 Å². The van der Waals surface area contributed by atoms with Crippen LogP contribution in [0.1, 0.15) is 12.8 Å². The summed E-state index contributed by atoms with van der Waals surface area (Å²) in [5.74, 6) is -1.92. The van der Waals surface area contributed by atoms with Crippen molar-refractivity contribution >= 4 is 11.9 Å². The van der Waals surface area contributed by atoms with Crippen LogP contribution in [0.25, 0.3) is 0 Å². The molecule has 0 saturated heterocycles. The topological polar surface area (TPSA) is 158 Å². The molecule has 0 heterocycles. The molecular weight excluding hydrogens is 188 g/mol. The molecular formula is C7H18N4O3. The summed E-state index contributed by atoms with van der Waals surface area (Å²) < 4.78 is 0. The van der Waals surface area contributed by atoms with Crippen molar-refractivity contribution in [2.75, 3.05) is 13.1 Å². The highest BCUT2D eigenvalue weighted by atomic mass is 16.4. The van der Waals surface area contributed by atoms with E-state index in [4.69, 9.17) is 22.3 Å². The Morgan fingerprint density at radius 2 is 1.64 bits per heavy atom. The molecule has 7 nitrogen and oxygen atoms in total. The molecule has 0 fully saturated rings. The summed E-state index contributed by atoms with van der Waals surface area (Å²) in [6, 6.07) is -1.16. The normalized spacial score (nSPS) is 11.1. The van der Waals surface area contributed by atoms with Crippen LogP contribution < -0.4 is 22.9 Å². The van der Waals surface area contributed by atoms with E-state index >= 15 is 0 Å². The number of nitrogens with two attached hydrogens (primary N) is 4. The van der Waals surface area contributed by atoms with Gasteiger partial charge in [-0.2, -0.15) is 0 Å². The standard InChI is InChI=1S/C4H8N2O3.C3H10N2/c5-2(4(8)9)1-3(6)7;4-2-1-3-5/h2H,1,5H2,(H2,6,7)(H,8,9);1-5H2. The number of carbonyl (C=O) groups is 2. The number of aliphatic carboxylic acids is 1. The van der Waals surface area contributed by atoms with E-state index in [0.29, 0.717) is 0 Å². The number of hydrogen-bond acceptors (Lipinski definition) is 5. The zero-order valence-corrected chi connectivity index (χ0v) is 7.98. The summed E-state index contributed by atoms with van der Waals surface area (Å²) in [4.78, 5) is 19.9. The van der Waals surface area contributed by atoms with Gasteiger partial charge in [-0.3, -0.25) is 9.59 Å². The monoisotopic (exact) mass is 206 g/mol. The minimum atomic E-state index is -1.21. The lowest BCUT2D eigenvalue weighted by molar-refractivity contribution is -0.140. The maximum absolute atomic E-state index is 9.99. The fraction of sp³-hybridized carbons (Fsp3) is 0.714. The third-order valence-corrected chi connectivity index (χ3v) is 1.15. The lowest BCUT2D eigenvalue weighted by atomic mass is 10.2. The number of carboxylic acid groups (broad SMARTS) is 1. The number of amides is 1. The summed E-state index contributed by atoms with van der Waals surface area (Å²) in [5.41, 5.74) is 19.7. The summed E-state index contributed by atoms with van der Waals surface area (Å²) in [5, 5.41) is 8.10. The van der Waals surface area contributed by atoms with Crippen molar-refractivity contribution in [1.82, 2.24) is 0 Å². The molecule has 1 unspecified atom stereocenters. The van der Waals surface area contributed by atoms with Gasteiger partial charge in [-0.1, -0.05) is 0 Å². The van der Waals surface area contributed by atoms with Gasteiger partial charge in [0.2, 0.25) is 5.91 Å². The molecule has 0 radical (unpaired) electrons. The molecule has 84 valence electrons. The zero-order valence-electron chi connectivity index (χ0n) is 7.98. The lowest BCUT2D eigenvalue weighted by Gasteiger charge is -1.99. The first kappa shape index (κ1) is 15.3. The number of carboxylic acids is 1. The Balaban J connectivity index is 0. The van der Waals surface area contributed by atoms with Gasteiger partial charge < -0.3 is 28.0 Å². The Morgan fingerprint density at radius 1 is 1.21 bits per heavy atom. The second-order valence-electron chi connectivity index (χ2n) is 2.55. The van der Waals surface area contributed by atoms with Crippen LogP contribution in [-0.2, 0) is 9.59 Å². The summed E-state index contributed by atoms with van der Waals surface area (Å²) >= 11 is 0. The Morgan fingerprint density at radius 3 is 1.71 bits per heavy atom. The number of rotatable bonds is 5. The van der Waals surface area contributed by atoms with Gasteiger partial charge in [0.15, 0.2) is 0 Å². The average Bonchev–Trinajstić information content (AvgIpc) is 2.05. The number of carbonyl (C=O) groups excluding carboxylic acids is 1. The second-order valence-corrected chi connectivity index (χ2v) is 2.55. The SMILES string of the molecule is NC(=O)CC(N)C(=O)O.NCCCN. The van der Waals surface area contributed by atoms with Gasteiger partial charge in [0.25, 0.3) is 0 Å². The molecule has 0 aromatic carbocycles. The van der Waals surface area contributed by atoms with Crippen LogP contribution in [-0.4, -0.2) is 36.1 Å². The van der Waals surface area contributed by atoms with E-state index in [0.717, 1.165) is 19.5 Å².